The molecule has 1 amide bonds. The van der Waals surface area contributed by atoms with Gasteiger partial charge in [-0.2, -0.15) is 0 Å². The third-order valence-corrected chi connectivity index (χ3v) is 3.83. The van der Waals surface area contributed by atoms with E-state index in [1.807, 2.05) is 11.9 Å². The van der Waals surface area contributed by atoms with Gasteiger partial charge < -0.3 is 10.2 Å². The molecule has 0 bridgehead atoms. The van der Waals surface area contributed by atoms with Gasteiger partial charge in [0.05, 0.1) is 0 Å². The molecule has 20 heavy (non-hydrogen) atoms. The lowest BCUT2D eigenvalue weighted by Crippen LogP contribution is -2.37. The SMILES string of the molecule is Cc1cc(F)ccc1C(=O)N(C)C1CCCNCC1.Cl. The van der Waals surface area contributed by atoms with E-state index in [1.165, 1.54) is 12.1 Å². The molecule has 1 atom stereocenters. The van der Waals surface area contributed by atoms with Gasteiger partial charge in [-0.15, -0.1) is 12.4 Å². The van der Waals surface area contributed by atoms with Crippen LogP contribution in [0.15, 0.2) is 18.2 Å². The van der Waals surface area contributed by atoms with E-state index in [1.54, 1.807) is 13.0 Å². The van der Waals surface area contributed by atoms with E-state index >= 15 is 0 Å². The fraction of sp³-hybridized carbons (Fsp3) is 0.533. The lowest BCUT2D eigenvalue weighted by Gasteiger charge is -2.27. The van der Waals surface area contributed by atoms with Crippen molar-refractivity contribution in [2.24, 2.45) is 0 Å². The van der Waals surface area contributed by atoms with Crippen LogP contribution in [0.4, 0.5) is 4.39 Å². The normalized spacial score (nSPS) is 18.9. The first-order chi connectivity index (χ1) is 9.09. The number of aryl methyl sites for hydroxylation is 1. The van der Waals surface area contributed by atoms with Gasteiger partial charge in [0.25, 0.3) is 5.91 Å². The summed E-state index contributed by atoms with van der Waals surface area (Å²) in [5.41, 5.74) is 1.30. The molecule has 0 radical (unpaired) electrons. The van der Waals surface area contributed by atoms with Gasteiger partial charge in [-0.3, -0.25) is 4.79 Å². The first-order valence-electron chi connectivity index (χ1n) is 6.83. The summed E-state index contributed by atoms with van der Waals surface area (Å²) >= 11 is 0. The maximum atomic E-state index is 13.1. The summed E-state index contributed by atoms with van der Waals surface area (Å²) in [5.74, 6) is -0.306. The van der Waals surface area contributed by atoms with Crippen molar-refractivity contribution in [1.82, 2.24) is 10.2 Å². The van der Waals surface area contributed by atoms with Crippen molar-refractivity contribution in [3.8, 4) is 0 Å². The van der Waals surface area contributed by atoms with Crippen LogP contribution in [-0.2, 0) is 0 Å². The Kier molecular flexibility index (Phi) is 6.43. The Morgan fingerprint density at radius 2 is 2.10 bits per heavy atom. The van der Waals surface area contributed by atoms with Crippen molar-refractivity contribution >= 4 is 18.3 Å². The molecule has 5 heteroatoms. The van der Waals surface area contributed by atoms with Crippen LogP contribution in [0.3, 0.4) is 0 Å². The van der Waals surface area contributed by atoms with Crippen molar-refractivity contribution in [3.63, 3.8) is 0 Å². The zero-order valence-electron chi connectivity index (χ0n) is 12.0. The summed E-state index contributed by atoms with van der Waals surface area (Å²) in [6.07, 6.45) is 3.09. The highest BCUT2D eigenvalue weighted by atomic mass is 35.5. The molecule has 1 aliphatic heterocycles. The minimum Gasteiger partial charge on any atom is -0.339 e. The standard InChI is InChI=1S/C15H21FN2O.ClH/c1-11-10-12(16)5-6-14(11)15(19)18(2)13-4-3-8-17-9-7-13;/h5-6,10,13,17H,3-4,7-9H2,1-2H3;1H. The molecular weight excluding hydrogens is 279 g/mol. The Labute approximate surface area is 125 Å². The minimum absolute atomic E-state index is 0. The lowest BCUT2D eigenvalue weighted by atomic mass is 10.0. The molecule has 1 unspecified atom stereocenters. The first-order valence-corrected chi connectivity index (χ1v) is 6.83. The molecule has 1 N–H and O–H groups in total. The molecule has 112 valence electrons. The van der Waals surface area contributed by atoms with Gasteiger partial charge in [0, 0.05) is 18.7 Å². The van der Waals surface area contributed by atoms with E-state index in [0.717, 1.165) is 32.4 Å². The van der Waals surface area contributed by atoms with Crippen LogP contribution >= 0.6 is 12.4 Å². The molecular formula is C15H22ClFN2O. The maximum Gasteiger partial charge on any atom is 0.254 e. The third-order valence-electron chi connectivity index (χ3n) is 3.83. The second-order valence-electron chi connectivity index (χ2n) is 5.21. The number of rotatable bonds is 2. The topological polar surface area (TPSA) is 32.3 Å². The number of amides is 1. The average Bonchev–Trinajstić information content (AvgIpc) is 2.66. The van der Waals surface area contributed by atoms with E-state index in [-0.39, 0.29) is 30.2 Å². The largest absolute Gasteiger partial charge is 0.339 e. The zero-order chi connectivity index (χ0) is 13.8. The average molecular weight is 301 g/mol. The van der Waals surface area contributed by atoms with Gasteiger partial charge in [-0.05, 0) is 63.0 Å². The lowest BCUT2D eigenvalue weighted by molar-refractivity contribution is 0.0719. The van der Waals surface area contributed by atoms with Gasteiger partial charge >= 0.3 is 0 Å². The molecule has 0 saturated carbocycles. The van der Waals surface area contributed by atoms with Crippen molar-refractivity contribution in [2.75, 3.05) is 20.1 Å². The molecule has 1 heterocycles. The molecule has 2 rings (SSSR count). The van der Waals surface area contributed by atoms with E-state index in [0.29, 0.717) is 11.1 Å². The summed E-state index contributed by atoms with van der Waals surface area (Å²) in [6.45, 7) is 3.75. The molecule has 3 nitrogen and oxygen atoms in total. The number of hydrogen-bond donors (Lipinski definition) is 1. The van der Waals surface area contributed by atoms with Crippen molar-refractivity contribution in [1.29, 1.82) is 0 Å². The molecule has 0 aromatic heterocycles. The smallest absolute Gasteiger partial charge is 0.254 e. The zero-order valence-corrected chi connectivity index (χ0v) is 12.8. The fourth-order valence-electron chi connectivity index (χ4n) is 2.61. The predicted molar refractivity (Wildman–Crippen MR) is 81.0 cm³/mol. The Balaban J connectivity index is 0.00000200. The number of nitrogens with zero attached hydrogens (tertiary/aromatic N) is 1. The van der Waals surface area contributed by atoms with Crippen LogP contribution in [0.1, 0.15) is 35.2 Å². The van der Waals surface area contributed by atoms with Crippen LogP contribution in [0.25, 0.3) is 0 Å². The second kappa shape index (κ2) is 7.60. The van der Waals surface area contributed by atoms with E-state index < -0.39 is 0 Å². The number of benzene rings is 1. The molecule has 0 spiro atoms. The van der Waals surface area contributed by atoms with E-state index in [9.17, 15) is 9.18 Å². The van der Waals surface area contributed by atoms with Crippen molar-refractivity contribution < 1.29 is 9.18 Å². The Bertz CT molecular complexity index is 459. The maximum absolute atomic E-state index is 13.1. The van der Waals surface area contributed by atoms with Gasteiger partial charge in [0.1, 0.15) is 5.82 Å². The van der Waals surface area contributed by atoms with Crippen LogP contribution in [0.2, 0.25) is 0 Å². The fourth-order valence-corrected chi connectivity index (χ4v) is 2.61. The number of carbonyl (C=O) groups is 1. The summed E-state index contributed by atoms with van der Waals surface area (Å²) in [6, 6.07) is 4.61. The summed E-state index contributed by atoms with van der Waals surface area (Å²) in [7, 11) is 1.85. The minimum atomic E-state index is -0.296. The summed E-state index contributed by atoms with van der Waals surface area (Å²) in [4.78, 5) is 14.3. The molecule has 1 aliphatic rings. The number of nitrogens with one attached hydrogen (secondary N) is 1. The first kappa shape index (κ1) is 16.9. The third kappa shape index (κ3) is 3.93. The molecule has 0 aliphatic carbocycles. The van der Waals surface area contributed by atoms with Gasteiger partial charge in [-0.1, -0.05) is 0 Å². The molecule has 1 saturated heterocycles. The Hall–Kier alpha value is -1.13. The quantitative estimate of drug-likeness (QED) is 0.911. The monoisotopic (exact) mass is 300 g/mol. The van der Waals surface area contributed by atoms with Crippen molar-refractivity contribution in [2.45, 2.75) is 32.2 Å². The summed E-state index contributed by atoms with van der Waals surface area (Å²) in [5, 5.41) is 3.34. The highest BCUT2D eigenvalue weighted by Gasteiger charge is 2.23. The highest BCUT2D eigenvalue weighted by molar-refractivity contribution is 5.95. The number of hydrogen-bond acceptors (Lipinski definition) is 2. The highest BCUT2D eigenvalue weighted by Crippen LogP contribution is 2.17. The molecule has 1 aromatic rings. The Morgan fingerprint density at radius 1 is 1.35 bits per heavy atom. The van der Waals surface area contributed by atoms with Crippen LogP contribution in [0, 0.1) is 12.7 Å². The second-order valence-corrected chi connectivity index (χ2v) is 5.21. The van der Waals surface area contributed by atoms with Gasteiger partial charge in [0.15, 0.2) is 0 Å². The molecule has 1 fully saturated rings. The van der Waals surface area contributed by atoms with Gasteiger partial charge in [-0.25, -0.2) is 4.39 Å². The van der Waals surface area contributed by atoms with Crippen LogP contribution in [-0.4, -0.2) is 37.0 Å². The van der Waals surface area contributed by atoms with Crippen molar-refractivity contribution in [3.05, 3.63) is 35.1 Å². The number of halogens is 2. The van der Waals surface area contributed by atoms with Crippen LogP contribution in [0.5, 0.6) is 0 Å². The summed E-state index contributed by atoms with van der Waals surface area (Å²) < 4.78 is 13.1. The predicted octanol–water partition coefficient (Wildman–Crippen LogP) is 2.77. The van der Waals surface area contributed by atoms with E-state index in [2.05, 4.69) is 5.32 Å². The van der Waals surface area contributed by atoms with Gasteiger partial charge in [0.2, 0.25) is 0 Å². The van der Waals surface area contributed by atoms with Crippen LogP contribution < -0.4 is 5.32 Å². The van der Waals surface area contributed by atoms with E-state index in [4.69, 9.17) is 0 Å². The molecule has 1 aromatic carbocycles. The Morgan fingerprint density at radius 3 is 2.80 bits per heavy atom. The number of carbonyl (C=O) groups excluding carboxylic acids is 1.